The zero-order valence-electron chi connectivity index (χ0n) is 12.1. The second kappa shape index (κ2) is 5.36. The molecule has 6 heteroatoms. The van der Waals surface area contributed by atoms with Crippen LogP contribution in [0.2, 0.25) is 0 Å². The summed E-state index contributed by atoms with van der Waals surface area (Å²) in [4.78, 5) is 21.6. The molecule has 0 aliphatic carbocycles. The standard InChI is InChI=1S/C14H19N3O2S/c1-8-5-9-12(15-7-16-13(9)20-8)17-10(6-11(18)19)14(2,3)4/h5,7,10H,6H2,1-4H3,(H,18,19)(H,15,16,17). The molecule has 20 heavy (non-hydrogen) atoms. The number of fused-ring (bicyclic) bond motifs is 1. The first-order valence-corrected chi connectivity index (χ1v) is 7.28. The lowest BCUT2D eigenvalue weighted by molar-refractivity contribution is -0.137. The van der Waals surface area contributed by atoms with Crippen LogP contribution in [0.5, 0.6) is 0 Å². The molecule has 2 aromatic heterocycles. The average molecular weight is 293 g/mol. The van der Waals surface area contributed by atoms with Gasteiger partial charge in [0.05, 0.1) is 11.8 Å². The summed E-state index contributed by atoms with van der Waals surface area (Å²) >= 11 is 1.61. The number of rotatable bonds is 4. The van der Waals surface area contributed by atoms with Crippen LogP contribution in [0.3, 0.4) is 0 Å². The van der Waals surface area contributed by atoms with Gasteiger partial charge in [0.25, 0.3) is 0 Å². The topological polar surface area (TPSA) is 75.1 Å². The van der Waals surface area contributed by atoms with E-state index in [4.69, 9.17) is 5.11 Å². The molecule has 0 saturated heterocycles. The van der Waals surface area contributed by atoms with E-state index in [-0.39, 0.29) is 17.9 Å². The van der Waals surface area contributed by atoms with Gasteiger partial charge in [-0.25, -0.2) is 9.97 Å². The number of thiophene rings is 1. The molecule has 0 amide bonds. The fraction of sp³-hybridized carbons (Fsp3) is 0.500. The summed E-state index contributed by atoms with van der Waals surface area (Å²) in [6, 6.07) is 1.83. The Kier molecular flexibility index (Phi) is 3.94. The molecule has 2 N–H and O–H groups in total. The number of carbonyl (C=O) groups is 1. The van der Waals surface area contributed by atoms with Gasteiger partial charge in [-0.05, 0) is 18.4 Å². The fourth-order valence-corrected chi connectivity index (χ4v) is 2.85. The van der Waals surface area contributed by atoms with Gasteiger partial charge in [-0.1, -0.05) is 20.8 Å². The summed E-state index contributed by atoms with van der Waals surface area (Å²) in [6.45, 7) is 8.08. The Balaban J connectivity index is 2.35. The normalized spacial score (nSPS) is 13.4. The SMILES string of the molecule is Cc1cc2c(NC(CC(=O)O)C(C)(C)C)ncnc2s1. The number of nitrogens with zero attached hydrogens (tertiary/aromatic N) is 2. The van der Waals surface area contributed by atoms with Crippen LogP contribution in [0, 0.1) is 12.3 Å². The maximum atomic E-state index is 11.0. The highest BCUT2D eigenvalue weighted by Crippen LogP contribution is 2.31. The highest BCUT2D eigenvalue weighted by molar-refractivity contribution is 7.18. The minimum atomic E-state index is -0.816. The second-order valence-electron chi connectivity index (χ2n) is 5.96. The fourth-order valence-electron chi connectivity index (χ4n) is 2.00. The van der Waals surface area contributed by atoms with Crippen LogP contribution in [0.1, 0.15) is 32.1 Å². The maximum Gasteiger partial charge on any atom is 0.305 e. The van der Waals surface area contributed by atoms with Gasteiger partial charge in [-0.15, -0.1) is 11.3 Å². The van der Waals surface area contributed by atoms with Gasteiger partial charge in [-0.2, -0.15) is 0 Å². The van der Waals surface area contributed by atoms with Crippen molar-refractivity contribution in [3.8, 4) is 0 Å². The Morgan fingerprint density at radius 1 is 1.45 bits per heavy atom. The number of aliphatic carboxylic acids is 1. The van der Waals surface area contributed by atoms with Gasteiger partial charge >= 0.3 is 5.97 Å². The van der Waals surface area contributed by atoms with Crippen LogP contribution in [0.25, 0.3) is 10.2 Å². The predicted octanol–water partition coefficient (Wildman–Crippen LogP) is 3.30. The highest BCUT2D eigenvalue weighted by atomic mass is 32.1. The molecule has 0 aliphatic heterocycles. The Hall–Kier alpha value is -1.69. The van der Waals surface area contributed by atoms with E-state index >= 15 is 0 Å². The molecule has 108 valence electrons. The van der Waals surface area contributed by atoms with Crippen molar-refractivity contribution in [2.45, 2.75) is 40.2 Å². The van der Waals surface area contributed by atoms with E-state index in [1.165, 1.54) is 6.33 Å². The van der Waals surface area contributed by atoms with Crippen molar-refractivity contribution < 1.29 is 9.90 Å². The summed E-state index contributed by atoms with van der Waals surface area (Å²) < 4.78 is 0. The number of aromatic nitrogens is 2. The van der Waals surface area contributed by atoms with Crippen LogP contribution in [0.15, 0.2) is 12.4 Å². The Labute approximate surface area is 122 Å². The van der Waals surface area contributed by atoms with Crippen molar-refractivity contribution in [3.05, 3.63) is 17.3 Å². The van der Waals surface area contributed by atoms with E-state index < -0.39 is 5.97 Å². The zero-order valence-corrected chi connectivity index (χ0v) is 12.9. The molecule has 0 radical (unpaired) electrons. The molecule has 0 bridgehead atoms. The van der Waals surface area contributed by atoms with Crippen LogP contribution in [-0.4, -0.2) is 27.1 Å². The van der Waals surface area contributed by atoms with Gasteiger partial charge in [0, 0.05) is 10.9 Å². The summed E-state index contributed by atoms with van der Waals surface area (Å²) in [5, 5.41) is 13.3. The smallest absolute Gasteiger partial charge is 0.305 e. The van der Waals surface area contributed by atoms with Crippen molar-refractivity contribution in [1.82, 2.24) is 9.97 Å². The first-order chi connectivity index (χ1) is 9.27. The number of hydrogen-bond acceptors (Lipinski definition) is 5. The molecule has 1 unspecified atom stereocenters. The average Bonchev–Trinajstić information content (AvgIpc) is 2.67. The van der Waals surface area contributed by atoms with E-state index in [2.05, 4.69) is 15.3 Å². The van der Waals surface area contributed by atoms with E-state index in [0.717, 1.165) is 15.1 Å². The van der Waals surface area contributed by atoms with Crippen molar-refractivity contribution in [2.75, 3.05) is 5.32 Å². The number of anilines is 1. The lowest BCUT2D eigenvalue weighted by Gasteiger charge is -2.30. The molecule has 5 nitrogen and oxygen atoms in total. The second-order valence-corrected chi connectivity index (χ2v) is 7.19. The van der Waals surface area contributed by atoms with Crippen molar-refractivity contribution >= 4 is 33.3 Å². The van der Waals surface area contributed by atoms with Gasteiger partial charge in [0.15, 0.2) is 0 Å². The molecule has 0 aromatic carbocycles. The molecule has 1 atom stereocenters. The van der Waals surface area contributed by atoms with Crippen LogP contribution in [-0.2, 0) is 4.79 Å². The number of carboxylic acid groups (broad SMARTS) is 1. The maximum absolute atomic E-state index is 11.0. The number of aryl methyl sites for hydroxylation is 1. The molecule has 2 heterocycles. The first kappa shape index (κ1) is 14.7. The zero-order chi connectivity index (χ0) is 14.9. The Morgan fingerprint density at radius 3 is 2.75 bits per heavy atom. The minimum absolute atomic E-state index is 0.0537. The lowest BCUT2D eigenvalue weighted by Crippen LogP contribution is -2.36. The molecule has 2 rings (SSSR count). The third-order valence-electron chi connectivity index (χ3n) is 3.19. The number of nitrogens with one attached hydrogen (secondary N) is 1. The van der Waals surface area contributed by atoms with Crippen molar-refractivity contribution in [3.63, 3.8) is 0 Å². The summed E-state index contributed by atoms with van der Waals surface area (Å²) in [7, 11) is 0. The predicted molar refractivity (Wildman–Crippen MR) is 81.3 cm³/mol. The van der Waals surface area contributed by atoms with E-state index in [0.29, 0.717) is 5.82 Å². The molecule has 0 aliphatic rings. The van der Waals surface area contributed by atoms with Crippen molar-refractivity contribution in [2.24, 2.45) is 5.41 Å². The molecular weight excluding hydrogens is 274 g/mol. The minimum Gasteiger partial charge on any atom is -0.481 e. The van der Waals surface area contributed by atoms with E-state index in [1.54, 1.807) is 11.3 Å². The molecule has 0 saturated carbocycles. The summed E-state index contributed by atoms with van der Waals surface area (Å²) in [5.41, 5.74) is -0.180. The van der Waals surface area contributed by atoms with Crippen LogP contribution < -0.4 is 5.32 Å². The third kappa shape index (κ3) is 3.25. The van der Waals surface area contributed by atoms with Gasteiger partial charge < -0.3 is 10.4 Å². The Morgan fingerprint density at radius 2 is 2.15 bits per heavy atom. The quantitative estimate of drug-likeness (QED) is 0.904. The highest BCUT2D eigenvalue weighted by Gasteiger charge is 2.27. The monoisotopic (exact) mass is 293 g/mol. The molecule has 2 aromatic rings. The lowest BCUT2D eigenvalue weighted by atomic mass is 9.84. The largest absolute Gasteiger partial charge is 0.481 e. The van der Waals surface area contributed by atoms with Crippen LogP contribution >= 0.6 is 11.3 Å². The van der Waals surface area contributed by atoms with Crippen LogP contribution in [0.4, 0.5) is 5.82 Å². The third-order valence-corrected chi connectivity index (χ3v) is 4.15. The van der Waals surface area contributed by atoms with Crippen molar-refractivity contribution in [1.29, 1.82) is 0 Å². The number of hydrogen-bond donors (Lipinski definition) is 2. The summed E-state index contributed by atoms with van der Waals surface area (Å²) in [6.07, 6.45) is 1.57. The van der Waals surface area contributed by atoms with E-state index in [1.807, 2.05) is 33.8 Å². The van der Waals surface area contributed by atoms with E-state index in [9.17, 15) is 4.79 Å². The number of carboxylic acids is 1. The molecule has 0 spiro atoms. The summed E-state index contributed by atoms with van der Waals surface area (Å²) in [5.74, 6) is -0.107. The Bertz CT molecular complexity index is 631. The molecule has 0 fully saturated rings. The van der Waals surface area contributed by atoms with Gasteiger partial charge in [0.1, 0.15) is 17.0 Å². The van der Waals surface area contributed by atoms with Gasteiger partial charge in [0.2, 0.25) is 0 Å². The first-order valence-electron chi connectivity index (χ1n) is 6.47. The van der Waals surface area contributed by atoms with Gasteiger partial charge in [-0.3, -0.25) is 4.79 Å². The molecular formula is C14H19N3O2S.